The van der Waals surface area contributed by atoms with Crippen LogP contribution in [0, 0.1) is 0 Å². The van der Waals surface area contributed by atoms with Gasteiger partial charge in [-0.25, -0.2) is 4.57 Å². The second-order valence-corrected chi connectivity index (χ2v) is 13.6. The van der Waals surface area contributed by atoms with E-state index in [0.717, 1.165) is 83.5 Å². The Labute approximate surface area is 309 Å². The van der Waals surface area contributed by atoms with Gasteiger partial charge < -0.3 is 20.1 Å². The van der Waals surface area contributed by atoms with Gasteiger partial charge in [-0.2, -0.15) is 0 Å². The first kappa shape index (κ1) is 48.2. The number of hydrogen-bond donors (Lipinski definition) is 3. The van der Waals surface area contributed by atoms with E-state index in [-0.39, 0.29) is 38.5 Å². The molecule has 51 heavy (non-hydrogen) atoms. The molecule has 2 atom stereocenters. The fourth-order valence-electron chi connectivity index (χ4n) is 4.44. The number of ether oxygens (including phenoxy) is 1. The Kier molecular flexibility index (Phi) is 34.9. The van der Waals surface area contributed by atoms with Gasteiger partial charge >= 0.3 is 13.8 Å². The highest BCUT2D eigenvalue weighted by Crippen LogP contribution is 2.42. The normalized spacial score (nSPS) is 14.4. The third-order valence-electron chi connectivity index (χ3n) is 7.32. The van der Waals surface area contributed by atoms with Gasteiger partial charge in [0.25, 0.3) is 0 Å². The third-order valence-corrected chi connectivity index (χ3v) is 8.31. The van der Waals surface area contributed by atoms with Crippen molar-refractivity contribution in [3.8, 4) is 0 Å². The molecule has 0 bridgehead atoms. The molecule has 0 aromatic carbocycles. The summed E-state index contributed by atoms with van der Waals surface area (Å²) in [5, 5.41) is 12.6. The maximum Gasteiger partial charge on any atom is 0.472 e. The van der Waals surface area contributed by atoms with Crippen LogP contribution in [-0.4, -0.2) is 54.3 Å². The van der Waals surface area contributed by atoms with Crippen molar-refractivity contribution < 1.29 is 37.9 Å². The number of hydrogen-bond acceptors (Lipinski definition) is 7. The molecule has 1 amide bonds. The van der Waals surface area contributed by atoms with E-state index in [4.69, 9.17) is 13.8 Å². The van der Waals surface area contributed by atoms with Crippen LogP contribution < -0.4 is 5.32 Å². The number of carbonyl (C=O) groups excluding carboxylic acids is 2. The van der Waals surface area contributed by atoms with Crippen molar-refractivity contribution in [1.82, 2.24) is 5.32 Å². The minimum atomic E-state index is -4.44. The van der Waals surface area contributed by atoms with Gasteiger partial charge in [-0.05, 0) is 70.6 Å². The number of nitrogens with one attached hydrogen (secondary N) is 1. The quantitative estimate of drug-likeness (QED) is 0.0258. The maximum atomic E-state index is 12.0. The van der Waals surface area contributed by atoms with Crippen LogP contribution in [0.4, 0.5) is 0 Å². The van der Waals surface area contributed by atoms with Crippen LogP contribution >= 0.6 is 7.82 Å². The van der Waals surface area contributed by atoms with Crippen molar-refractivity contribution in [2.24, 2.45) is 0 Å². The third kappa shape index (κ3) is 38.3. The Morgan fingerprint density at radius 3 is 1.73 bits per heavy atom. The average molecular weight is 734 g/mol. The molecular formula is C41H68NO8P. The fraction of sp³-hybridized carbons (Fsp3) is 0.610. The summed E-state index contributed by atoms with van der Waals surface area (Å²) in [6.07, 6.45) is 45.3. The molecule has 0 aliphatic rings. The summed E-state index contributed by atoms with van der Waals surface area (Å²) in [6, 6.07) is 0. The highest BCUT2D eigenvalue weighted by atomic mass is 31.2. The van der Waals surface area contributed by atoms with Gasteiger partial charge in [-0.1, -0.05) is 131 Å². The van der Waals surface area contributed by atoms with E-state index in [1.807, 2.05) is 12.2 Å². The SMILES string of the molecule is CC/C=C\C/C=C\C/C=C\C/C=C\C/C=C\C/C=C\CCC(=O)NCCOP(=O)(O)OCC(O)COC(=O)CCCCCCC/C=C\CCCC. The molecule has 0 aliphatic heterocycles. The number of unbranched alkanes of at least 4 members (excludes halogenated alkanes) is 7. The molecular weight excluding hydrogens is 665 g/mol. The summed E-state index contributed by atoms with van der Waals surface area (Å²) in [5.74, 6) is -0.623. The molecule has 0 rings (SSSR count). The molecule has 3 N–H and O–H groups in total. The van der Waals surface area contributed by atoms with Crippen molar-refractivity contribution >= 4 is 19.7 Å². The minimum absolute atomic E-state index is 0.0345. The Hall–Kier alpha value is -2.81. The number of aliphatic hydroxyl groups is 1. The van der Waals surface area contributed by atoms with Gasteiger partial charge in [0.1, 0.15) is 12.7 Å². The van der Waals surface area contributed by atoms with Gasteiger partial charge in [-0.15, -0.1) is 0 Å². The van der Waals surface area contributed by atoms with Gasteiger partial charge in [0.05, 0.1) is 13.2 Å². The average Bonchev–Trinajstić information content (AvgIpc) is 3.11. The first-order chi connectivity index (χ1) is 24.8. The van der Waals surface area contributed by atoms with Crippen molar-refractivity contribution in [2.75, 3.05) is 26.4 Å². The second kappa shape index (κ2) is 37.0. The molecule has 0 aromatic rings. The molecule has 2 unspecified atom stereocenters. The smallest absolute Gasteiger partial charge is 0.463 e. The van der Waals surface area contributed by atoms with E-state index in [2.05, 4.69) is 92.1 Å². The maximum absolute atomic E-state index is 12.0. The van der Waals surface area contributed by atoms with Crippen molar-refractivity contribution in [3.05, 3.63) is 85.1 Å². The number of allylic oxidation sites excluding steroid dienone is 14. The lowest BCUT2D eigenvalue weighted by Gasteiger charge is -2.15. The molecule has 0 radical (unpaired) electrons. The zero-order chi connectivity index (χ0) is 37.5. The summed E-state index contributed by atoms with van der Waals surface area (Å²) >= 11 is 0. The van der Waals surface area contributed by atoms with Gasteiger partial charge in [0.2, 0.25) is 5.91 Å². The number of amides is 1. The van der Waals surface area contributed by atoms with E-state index >= 15 is 0 Å². The molecule has 0 heterocycles. The van der Waals surface area contributed by atoms with Gasteiger partial charge in [0.15, 0.2) is 0 Å². The van der Waals surface area contributed by atoms with Crippen LogP contribution in [0.15, 0.2) is 85.1 Å². The molecule has 0 saturated heterocycles. The Morgan fingerprint density at radius 1 is 0.627 bits per heavy atom. The van der Waals surface area contributed by atoms with E-state index in [0.29, 0.717) is 6.42 Å². The molecule has 0 spiro atoms. The molecule has 0 saturated carbocycles. The van der Waals surface area contributed by atoms with Crippen LogP contribution in [0.5, 0.6) is 0 Å². The molecule has 290 valence electrons. The van der Waals surface area contributed by atoms with Crippen molar-refractivity contribution in [2.45, 2.75) is 136 Å². The van der Waals surface area contributed by atoms with Crippen molar-refractivity contribution in [1.29, 1.82) is 0 Å². The number of carbonyl (C=O) groups is 2. The van der Waals surface area contributed by atoms with Crippen LogP contribution in [0.1, 0.15) is 129 Å². The second-order valence-electron chi connectivity index (χ2n) is 12.2. The highest BCUT2D eigenvalue weighted by molar-refractivity contribution is 7.47. The van der Waals surface area contributed by atoms with Crippen LogP contribution in [0.25, 0.3) is 0 Å². The van der Waals surface area contributed by atoms with Crippen LogP contribution in [0.3, 0.4) is 0 Å². The Morgan fingerprint density at radius 2 is 1.14 bits per heavy atom. The summed E-state index contributed by atoms with van der Waals surface area (Å²) in [5.41, 5.74) is 0. The monoisotopic (exact) mass is 733 g/mol. The lowest BCUT2D eigenvalue weighted by molar-refractivity contribution is -0.147. The predicted octanol–water partition coefficient (Wildman–Crippen LogP) is 10.1. The number of rotatable bonds is 34. The molecule has 0 aliphatic carbocycles. The summed E-state index contributed by atoms with van der Waals surface area (Å²) in [4.78, 5) is 33.7. The lowest BCUT2D eigenvalue weighted by Crippen LogP contribution is -2.27. The first-order valence-corrected chi connectivity index (χ1v) is 20.6. The van der Waals surface area contributed by atoms with Crippen molar-refractivity contribution in [3.63, 3.8) is 0 Å². The fourth-order valence-corrected chi connectivity index (χ4v) is 5.20. The summed E-state index contributed by atoms with van der Waals surface area (Å²) in [6.45, 7) is 3.25. The van der Waals surface area contributed by atoms with E-state index < -0.39 is 26.5 Å². The number of aliphatic hydroxyl groups excluding tert-OH is 1. The number of phosphoric acid groups is 1. The predicted molar refractivity (Wildman–Crippen MR) is 210 cm³/mol. The van der Waals surface area contributed by atoms with E-state index in [9.17, 15) is 24.2 Å². The Balaban J connectivity index is 3.78. The lowest BCUT2D eigenvalue weighted by atomic mass is 10.1. The largest absolute Gasteiger partial charge is 0.472 e. The van der Waals surface area contributed by atoms with Crippen LogP contribution in [0.2, 0.25) is 0 Å². The topological polar surface area (TPSA) is 131 Å². The number of esters is 1. The standard InChI is InChI=1S/C41H68NO8P/c1-3-5-7-9-11-13-15-16-17-18-19-20-21-22-24-25-27-29-31-33-40(44)42-35-36-49-51(46,47)50-38-39(43)37-48-41(45)34-32-30-28-26-23-14-12-10-8-6-4-2/h5,7,10-13,16-17,19-20,22,24,27,29,39,43H,3-4,6,8-9,14-15,18,21,23,25-26,28,30-38H2,1-2H3,(H,42,44)(H,46,47)/b7-5-,12-10-,13-11-,17-16-,20-19-,24-22-,29-27-. The summed E-state index contributed by atoms with van der Waals surface area (Å²) in [7, 11) is -4.44. The highest BCUT2D eigenvalue weighted by Gasteiger charge is 2.23. The Bertz CT molecular complexity index is 1110. The van der Waals surface area contributed by atoms with E-state index in [1.165, 1.54) is 12.8 Å². The molecule has 0 aromatic heterocycles. The number of phosphoric ester groups is 1. The van der Waals surface area contributed by atoms with Gasteiger partial charge in [0, 0.05) is 19.4 Å². The van der Waals surface area contributed by atoms with E-state index in [1.54, 1.807) is 0 Å². The molecule has 9 nitrogen and oxygen atoms in total. The first-order valence-electron chi connectivity index (χ1n) is 19.1. The molecule has 0 fully saturated rings. The van der Waals surface area contributed by atoms with Crippen LogP contribution in [-0.2, 0) is 27.9 Å². The molecule has 10 heteroatoms. The minimum Gasteiger partial charge on any atom is -0.463 e. The summed E-state index contributed by atoms with van der Waals surface area (Å²) < 4.78 is 26.7. The zero-order valence-electron chi connectivity index (χ0n) is 31.5. The van der Waals surface area contributed by atoms with Gasteiger partial charge in [-0.3, -0.25) is 18.6 Å². The zero-order valence-corrected chi connectivity index (χ0v) is 32.4.